The topological polar surface area (TPSA) is 73.6 Å². The highest BCUT2D eigenvalue weighted by molar-refractivity contribution is 5.95. The first-order valence-corrected chi connectivity index (χ1v) is 6.63. The molecule has 0 aliphatic carbocycles. The van der Waals surface area contributed by atoms with Gasteiger partial charge in [-0.05, 0) is 29.7 Å². The fourth-order valence-corrected chi connectivity index (χ4v) is 1.49. The third-order valence-corrected chi connectivity index (χ3v) is 2.89. The lowest BCUT2D eigenvalue weighted by molar-refractivity contribution is -0.119. The van der Waals surface area contributed by atoms with Gasteiger partial charge in [0.1, 0.15) is 12.4 Å². The summed E-state index contributed by atoms with van der Waals surface area (Å²) in [5.74, 6) is 0.547. The van der Waals surface area contributed by atoms with Crippen LogP contribution in [0.25, 0.3) is 0 Å². The van der Waals surface area contributed by atoms with E-state index in [1.807, 2.05) is 20.8 Å². The second-order valence-electron chi connectivity index (χ2n) is 5.70. The monoisotopic (exact) mass is 280 g/mol. The molecule has 20 heavy (non-hydrogen) atoms. The number of rotatable bonds is 6. The van der Waals surface area contributed by atoms with E-state index < -0.39 is 6.04 Å². The van der Waals surface area contributed by atoms with Crippen LogP contribution in [0, 0.1) is 5.41 Å². The summed E-state index contributed by atoms with van der Waals surface area (Å²) >= 11 is 0. The summed E-state index contributed by atoms with van der Waals surface area (Å²) in [6.45, 7) is 6.84. The third-order valence-electron chi connectivity index (χ3n) is 2.89. The maximum Gasteiger partial charge on any atom is 0.241 e. The highest BCUT2D eigenvalue weighted by atomic mass is 16.5. The minimum atomic E-state index is -0.555. The van der Waals surface area contributed by atoms with Gasteiger partial charge in [0.05, 0.1) is 12.6 Å². The normalized spacial score (nSPS) is 12.8. The van der Waals surface area contributed by atoms with E-state index in [1.54, 1.807) is 31.4 Å². The standard InChI is InChI=1S/C15H24N2O3/c1-15(2,3)13(16)14(18)17-11-5-7-12(8-6-11)20-10-9-19-4/h5-8,13H,9-10,16H2,1-4H3,(H,17,18)/t13-/m0/s1. The summed E-state index contributed by atoms with van der Waals surface area (Å²) in [5, 5.41) is 2.80. The molecule has 3 N–H and O–H groups in total. The lowest BCUT2D eigenvalue weighted by Gasteiger charge is -2.25. The average Bonchev–Trinajstić information content (AvgIpc) is 2.39. The van der Waals surface area contributed by atoms with Gasteiger partial charge in [-0.3, -0.25) is 4.79 Å². The Hall–Kier alpha value is -1.59. The molecule has 1 atom stereocenters. The van der Waals surface area contributed by atoms with Crippen LogP contribution in [0.2, 0.25) is 0 Å². The number of amides is 1. The summed E-state index contributed by atoms with van der Waals surface area (Å²) in [6.07, 6.45) is 0. The SMILES string of the molecule is COCCOc1ccc(NC(=O)[C@H](N)C(C)(C)C)cc1. The Morgan fingerprint density at radius 2 is 1.85 bits per heavy atom. The number of ether oxygens (including phenoxy) is 2. The molecule has 0 aromatic heterocycles. The van der Waals surface area contributed by atoms with Gasteiger partial charge in [-0.1, -0.05) is 20.8 Å². The Kier molecular flexibility index (Phi) is 5.98. The molecule has 0 aliphatic rings. The van der Waals surface area contributed by atoms with E-state index in [9.17, 15) is 4.79 Å². The molecule has 0 radical (unpaired) electrons. The highest BCUT2D eigenvalue weighted by Crippen LogP contribution is 2.20. The van der Waals surface area contributed by atoms with Crippen molar-refractivity contribution in [3.8, 4) is 5.75 Å². The predicted octanol–water partition coefficient (Wildman–Crippen LogP) is 2.02. The Labute approximate surface area is 120 Å². The van der Waals surface area contributed by atoms with Crippen molar-refractivity contribution >= 4 is 11.6 Å². The number of benzene rings is 1. The van der Waals surface area contributed by atoms with Gasteiger partial charge in [0.15, 0.2) is 0 Å². The zero-order valence-corrected chi connectivity index (χ0v) is 12.6. The summed E-state index contributed by atoms with van der Waals surface area (Å²) in [6, 6.07) is 6.62. The predicted molar refractivity (Wildman–Crippen MR) is 79.9 cm³/mol. The quantitative estimate of drug-likeness (QED) is 0.782. The number of nitrogens with one attached hydrogen (secondary N) is 1. The molecule has 0 saturated heterocycles. The van der Waals surface area contributed by atoms with E-state index in [0.717, 1.165) is 5.75 Å². The summed E-state index contributed by atoms with van der Waals surface area (Å²) in [7, 11) is 1.63. The van der Waals surface area contributed by atoms with Gasteiger partial charge in [-0.15, -0.1) is 0 Å². The first kappa shape index (κ1) is 16.5. The van der Waals surface area contributed by atoms with Gasteiger partial charge in [-0.25, -0.2) is 0 Å². The summed E-state index contributed by atoms with van der Waals surface area (Å²) in [5.41, 5.74) is 6.33. The highest BCUT2D eigenvalue weighted by Gasteiger charge is 2.27. The first-order chi connectivity index (χ1) is 9.34. The van der Waals surface area contributed by atoms with E-state index in [0.29, 0.717) is 18.9 Å². The van der Waals surface area contributed by atoms with Crippen LogP contribution in [0.1, 0.15) is 20.8 Å². The minimum Gasteiger partial charge on any atom is -0.491 e. The van der Waals surface area contributed by atoms with Gasteiger partial charge < -0.3 is 20.5 Å². The van der Waals surface area contributed by atoms with Gasteiger partial charge in [0, 0.05) is 12.8 Å². The molecular formula is C15H24N2O3. The second-order valence-corrected chi connectivity index (χ2v) is 5.70. The number of carbonyl (C=O) groups is 1. The molecule has 5 heteroatoms. The Bertz CT molecular complexity index is 424. The smallest absolute Gasteiger partial charge is 0.241 e. The van der Waals surface area contributed by atoms with Crippen molar-refractivity contribution in [2.45, 2.75) is 26.8 Å². The van der Waals surface area contributed by atoms with Crippen molar-refractivity contribution in [2.75, 3.05) is 25.6 Å². The first-order valence-electron chi connectivity index (χ1n) is 6.63. The molecule has 5 nitrogen and oxygen atoms in total. The largest absolute Gasteiger partial charge is 0.491 e. The lowest BCUT2D eigenvalue weighted by Crippen LogP contribution is -2.45. The van der Waals surface area contributed by atoms with Gasteiger partial charge in [0.2, 0.25) is 5.91 Å². The van der Waals surface area contributed by atoms with Crippen LogP contribution < -0.4 is 15.8 Å². The summed E-state index contributed by atoms with van der Waals surface area (Å²) in [4.78, 5) is 12.0. The Balaban J connectivity index is 2.55. The average molecular weight is 280 g/mol. The maximum atomic E-state index is 12.0. The van der Waals surface area contributed by atoms with E-state index in [4.69, 9.17) is 15.2 Å². The van der Waals surface area contributed by atoms with Crippen LogP contribution in [0.4, 0.5) is 5.69 Å². The number of nitrogens with two attached hydrogens (primary N) is 1. The number of hydrogen-bond acceptors (Lipinski definition) is 4. The van der Waals surface area contributed by atoms with E-state index in [-0.39, 0.29) is 11.3 Å². The van der Waals surface area contributed by atoms with Crippen LogP contribution in [-0.2, 0) is 9.53 Å². The molecule has 0 bridgehead atoms. The molecular weight excluding hydrogens is 256 g/mol. The molecule has 1 rings (SSSR count). The molecule has 0 spiro atoms. The zero-order valence-electron chi connectivity index (χ0n) is 12.6. The maximum absolute atomic E-state index is 12.0. The molecule has 0 aliphatic heterocycles. The van der Waals surface area contributed by atoms with Gasteiger partial charge in [-0.2, -0.15) is 0 Å². The number of methoxy groups -OCH3 is 1. The fraction of sp³-hybridized carbons (Fsp3) is 0.533. The zero-order chi connectivity index (χ0) is 15.2. The molecule has 0 saturated carbocycles. The van der Waals surface area contributed by atoms with E-state index in [2.05, 4.69) is 5.32 Å². The lowest BCUT2D eigenvalue weighted by atomic mass is 9.87. The second kappa shape index (κ2) is 7.26. The molecule has 1 aromatic rings. The Morgan fingerprint density at radius 3 is 2.35 bits per heavy atom. The van der Waals surface area contributed by atoms with Gasteiger partial charge in [0.25, 0.3) is 0 Å². The van der Waals surface area contributed by atoms with Gasteiger partial charge >= 0.3 is 0 Å². The minimum absolute atomic E-state index is 0.189. The van der Waals surface area contributed by atoms with Crippen LogP contribution >= 0.6 is 0 Å². The number of anilines is 1. The third kappa shape index (κ3) is 5.19. The molecule has 0 unspecified atom stereocenters. The number of hydrogen-bond donors (Lipinski definition) is 2. The van der Waals surface area contributed by atoms with Crippen LogP contribution in [0.5, 0.6) is 5.75 Å². The van der Waals surface area contributed by atoms with Crippen molar-refractivity contribution in [3.63, 3.8) is 0 Å². The fourth-order valence-electron chi connectivity index (χ4n) is 1.49. The van der Waals surface area contributed by atoms with Crippen molar-refractivity contribution in [2.24, 2.45) is 11.1 Å². The Morgan fingerprint density at radius 1 is 1.25 bits per heavy atom. The van der Waals surface area contributed by atoms with Crippen molar-refractivity contribution in [1.82, 2.24) is 0 Å². The molecule has 0 fully saturated rings. The summed E-state index contributed by atoms with van der Waals surface area (Å²) < 4.78 is 10.3. The number of carbonyl (C=O) groups excluding carboxylic acids is 1. The van der Waals surface area contributed by atoms with Crippen molar-refractivity contribution < 1.29 is 14.3 Å². The van der Waals surface area contributed by atoms with Crippen molar-refractivity contribution in [3.05, 3.63) is 24.3 Å². The van der Waals surface area contributed by atoms with E-state index >= 15 is 0 Å². The molecule has 1 amide bonds. The molecule has 1 aromatic carbocycles. The van der Waals surface area contributed by atoms with Crippen LogP contribution in [0.3, 0.4) is 0 Å². The van der Waals surface area contributed by atoms with Crippen LogP contribution in [0.15, 0.2) is 24.3 Å². The van der Waals surface area contributed by atoms with Crippen molar-refractivity contribution in [1.29, 1.82) is 0 Å². The molecule has 112 valence electrons. The van der Waals surface area contributed by atoms with Crippen LogP contribution in [-0.4, -0.2) is 32.3 Å². The van der Waals surface area contributed by atoms with E-state index in [1.165, 1.54) is 0 Å². The molecule has 0 heterocycles.